The SMILES string of the molecule is O=C(COc1ccccc1)NCC(O)c1ccccc1. The van der Waals surface area contributed by atoms with Crippen molar-refractivity contribution >= 4 is 5.91 Å². The predicted molar refractivity (Wildman–Crippen MR) is 76.3 cm³/mol. The van der Waals surface area contributed by atoms with Gasteiger partial charge in [-0.2, -0.15) is 0 Å². The maximum atomic E-state index is 11.6. The number of carbonyl (C=O) groups excluding carboxylic acids is 1. The molecule has 0 aliphatic heterocycles. The number of hydrogen-bond acceptors (Lipinski definition) is 3. The van der Waals surface area contributed by atoms with E-state index in [9.17, 15) is 9.90 Å². The lowest BCUT2D eigenvalue weighted by Crippen LogP contribution is -2.32. The zero-order valence-corrected chi connectivity index (χ0v) is 11.0. The minimum atomic E-state index is -0.711. The van der Waals surface area contributed by atoms with Crippen molar-refractivity contribution in [3.63, 3.8) is 0 Å². The van der Waals surface area contributed by atoms with Crippen LogP contribution >= 0.6 is 0 Å². The van der Waals surface area contributed by atoms with Crippen LogP contribution in [0.1, 0.15) is 11.7 Å². The highest BCUT2D eigenvalue weighted by atomic mass is 16.5. The van der Waals surface area contributed by atoms with E-state index in [0.29, 0.717) is 5.75 Å². The third-order valence-electron chi connectivity index (χ3n) is 2.79. The minimum absolute atomic E-state index is 0.0640. The molecule has 2 rings (SSSR count). The standard InChI is InChI=1S/C16H17NO3/c18-15(13-7-3-1-4-8-13)11-17-16(19)12-20-14-9-5-2-6-10-14/h1-10,15,18H,11-12H2,(H,17,19). The molecule has 2 aromatic carbocycles. The Hall–Kier alpha value is -2.33. The molecule has 0 bridgehead atoms. The highest BCUT2D eigenvalue weighted by Crippen LogP contribution is 2.10. The van der Waals surface area contributed by atoms with Gasteiger partial charge in [-0.25, -0.2) is 0 Å². The zero-order chi connectivity index (χ0) is 14.2. The Morgan fingerprint density at radius 1 is 1.05 bits per heavy atom. The molecule has 0 saturated carbocycles. The van der Waals surface area contributed by atoms with Gasteiger partial charge in [-0.3, -0.25) is 4.79 Å². The molecule has 20 heavy (non-hydrogen) atoms. The minimum Gasteiger partial charge on any atom is -0.484 e. The van der Waals surface area contributed by atoms with Gasteiger partial charge in [-0.05, 0) is 17.7 Å². The van der Waals surface area contributed by atoms with Crippen molar-refractivity contribution in [3.05, 3.63) is 66.2 Å². The molecule has 0 fully saturated rings. The number of amides is 1. The van der Waals surface area contributed by atoms with Crippen molar-refractivity contribution in [2.75, 3.05) is 13.2 Å². The largest absolute Gasteiger partial charge is 0.484 e. The summed E-state index contributed by atoms with van der Waals surface area (Å²) >= 11 is 0. The quantitative estimate of drug-likeness (QED) is 0.844. The maximum absolute atomic E-state index is 11.6. The number of rotatable bonds is 6. The number of benzene rings is 2. The van der Waals surface area contributed by atoms with Gasteiger partial charge in [-0.1, -0.05) is 48.5 Å². The summed E-state index contributed by atoms with van der Waals surface area (Å²) in [5, 5.41) is 12.5. The van der Waals surface area contributed by atoms with Gasteiger partial charge < -0.3 is 15.2 Å². The van der Waals surface area contributed by atoms with Crippen LogP contribution in [0.4, 0.5) is 0 Å². The van der Waals surface area contributed by atoms with E-state index < -0.39 is 6.10 Å². The Labute approximate surface area is 118 Å². The van der Waals surface area contributed by atoms with E-state index in [0.717, 1.165) is 5.56 Å². The van der Waals surface area contributed by atoms with Crippen LogP contribution in [-0.2, 0) is 4.79 Å². The highest BCUT2D eigenvalue weighted by Gasteiger charge is 2.09. The molecule has 4 nitrogen and oxygen atoms in total. The van der Waals surface area contributed by atoms with Gasteiger partial charge >= 0.3 is 0 Å². The van der Waals surface area contributed by atoms with Crippen molar-refractivity contribution in [1.29, 1.82) is 0 Å². The Balaban J connectivity index is 1.73. The average molecular weight is 271 g/mol. The monoisotopic (exact) mass is 271 g/mol. The molecule has 2 aromatic rings. The summed E-state index contributed by atoms with van der Waals surface area (Å²) in [7, 11) is 0. The summed E-state index contributed by atoms with van der Waals surface area (Å²) in [5.74, 6) is 0.384. The van der Waals surface area contributed by atoms with E-state index in [2.05, 4.69) is 5.32 Å². The number of ether oxygens (including phenoxy) is 1. The van der Waals surface area contributed by atoms with Crippen molar-refractivity contribution in [3.8, 4) is 5.75 Å². The summed E-state index contributed by atoms with van der Waals surface area (Å²) in [4.78, 5) is 11.6. The first-order valence-corrected chi connectivity index (χ1v) is 6.43. The molecule has 0 spiro atoms. The van der Waals surface area contributed by atoms with Crippen LogP contribution in [0.3, 0.4) is 0 Å². The molecular formula is C16H17NO3. The Bertz CT molecular complexity index is 528. The van der Waals surface area contributed by atoms with Crippen LogP contribution in [-0.4, -0.2) is 24.2 Å². The smallest absolute Gasteiger partial charge is 0.258 e. The lowest BCUT2D eigenvalue weighted by atomic mass is 10.1. The summed E-state index contributed by atoms with van der Waals surface area (Å²) in [6, 6.07) is 18.3. The second-order valence-corrected chi connectivity index (χ2v) is 4.33. The summed E-state index contributed by atoms with van der Waals surface area (Å²) in [6.45, 7) is 0.104. The van der Waals surface area contributed by atoms with Gasteiger partial charge in [0.1, 0.15) is 5.75 Å². The van der Waals surface area contributed by atoms with E-state index in [4.69, 9.17) is 4.74 Å². The Morgan fingerprint density at radius 2 is 1.65 bits per heavy atom. The zero-order valence-electron chi connectivity index (χ0n) is 11.0. The third-order valence-corrected chi connectivity index (χ3v) is 2.79. The van der Waals surface area contributed by atoms with Gasteiger partial charge in [0.2, 0.25) is 0 Å². The normalized spacial score (nSPS) is 11.7. The van der Waals surface area contributed by atoms with Gasteiger partial charge in [-0.15, -0.1) is 0 Å². The van der Waals surface area contributed by atoms with Crippen LogP contribution in [0.2, 0.25) is 0 Å². The molecule has 4 heteroatoms. The van der Waals surface area contributed by atoms with Crippen LogP contribution in [0.15, 0.2) is 60.7 Å². The first kappa shape index (κ1) is 14.1. The molecule has 104 valence electrons. The number of aliphatic hydroxyl groups excluding tert-OH is 1. The second-order valence-electron chi connectivity index (χ2n) is 4.33. The Kier molecular flexibility index (Phi) is 5.15. The number of hydrogen-bond donors (Lipinski definition) is 2. The number of aliphatic hydroxyl groups is 1. The molecule has 0 aliphatic carbocycles. The lowest BCUT2D eigenvalue weighted by Gasteiger charge is -2.12. The topological polar surface area (TPSA) is 58.6 Å². The van der Waals surface area contributed by atoms with Crippen molar-refractivity contribution in [2.45, 2.75) is 6.10 Å². The first-order chi connectivity index (χ1) is 9.75. The van der Waals surface area contributed by atoms with E-state index in [1.807, 2.05) is 48.5 Å². The highest BCUT2D eigenvalue weighted by molar-refractivity contribution is 5.77. The number of carbonyl (C=O) groups is 1. The van der Waals surface area contributed by atoms with E-state index >= 15 is 0 Å². The molecule has 0 radical (unpaired) electrons. The van der Waals surface area contributed by atoms with E-state index in [-0.39, 0.29) is 19.1 Å². The van der Waals surface area contributed by atoms with Crippen molar-refractivity contribution in [1.82, 2.24) is 5.32 Å². The summed E-state index contributed by atoms with van der Waals surface area (Å²) < 4.78 is 5.31. The van der Waals surface area contributed by atoms with Gasteiger partial charge in [0.15, 0.2) is 6.61 Å². The van der Waals surface area contributed by atoms with E-state index in [1.54, 1.807) is 12.1 Å². The number of para-hydroxylation sites is 1. The molecule has 0 saturated heterocycles. The average Bonchev–Trinajstić information content (AvgIpc) is 2.52. The summed E-state index contributed by atoms with van der Waals surface area (Å²) in [5.41, 5.74) is 0.775. The van der Waals surface area contributed by atoms with Gasteiger partial charge in [0, 0.05) is 6.54 Å². The van der Waals surface area contributed by atoms with Crippen LogP contribution in [0.5, 0.6) is 5.75 Å². The fourth-order valence-electron chi connectivity index (χ4n) is 1.72. The van der Waals surface area contributed by atoms with E-state index in [1.165, 1.54) is 0 Å². The third kappa shape index (κ3) is 4.40. The predicted octanol–water partition coefficient (Wildman–Crippen LogP) is 1.92. The molecule has 1 amide bonds. The van der Waals surface area contributed by atoms with Crippen LogP contribution in [0.25, 0.3) is 0 Å². The molecule has 0 aliphatic rings. The molecule has 1 atom stereocenters. The maximum Gasteiger partial charge on any atom is 0.258 e. The van der Waals surface area contributed by atoms with Crippen LogP contribution < -0.4 is 10.1 Å². The Morgan fingerprint density at radius 3 is 2.30 bits per heavy atom. The number of nitrogens with one attached hydrogen (secondary N) is 1. The lowest BCUT2D eigenvalue weighted by molar-refractivity contribution is -0.123. The second kappa shape index (κ2) is 7.31. The fraction of sp³-hybridized carbons (Fsp3) is 0.188. The molecule has 1 unspecified atom stereocenters. The van der Waals surface area contributed by atoms with Crippen LogP contribution in [0, 0.1) is 0 Å². The molecule has 2 N–H and O–H groups in total. The molecule has 0 heterocycles. The fourth-order valence-corrected chi connectivity index (χ4v) is 1.72. The molecule has 0 aromatic heterocycles. The van der Waals surface area contributed by atoms with Gasteiger partial charge in [0.05, 0.1) is 6.10 Å². The van der Waals surface area contributed by atoms with Crippen molar-refractivity contribution < 1.29 is 14.6 Å². The summed E-state index contributed by atoms with van der Waals surface area (Å²) in [6.07, 6.45) is -0.711. The van der Waals surface area contributed by atoms with Gasteiger partial charge in [0.25, 0.3) is 5.91 Å². The first-order valence-electron chi connectivity index (χ1n) is 6.43. The van der Waals surface area contributed by atoms with Crippen molar-refractivity contribution in [2.24, 2.45) is 0 Å². The molecular weight excluding hydrogens is 254 g/mol.